The summed E-state index contributed by atoms with van der Waals surface area (Å²) in [5, 5.41) is 3.61. The number of furan rings is 1. The molecule has 15 heavy (non-hydrogen) atoms. The van der Waals surface area contributed by atoms with E-state index in [-0.39, 0.29) is 0 Å². The molecule has 3 atom stereocenters. The van der Waals surface area contributed by atoms with Crippen LogP contribution in [0.3, 0.4) is 0 Å². The minimum absolute atomic E-state index is 0.309. The van der Waals surface area contributed by atoms with Gasteiger partial charge in [-0.2, -0.15) is 0 Å². The van der Waals surface area contributed by atoms with Crippen LogP contribution in [0.5, 0.6) is 0 Å². The third-order valence-corrected chi connectivity index (χ3v) is 3.34. The smallest absolute Gasteiger partial charge is 0.120 e. The fourth-order valence-corrected chi connectivity index (χ4v) is 2.29. The van der Waals surface area contributed by atoms with Crippen molar-refractivity contribution in [3.8, 4) is 0 Å². The Bertz CT molecular complexity index is 287. The lowest BCUT2D eigenvalue weighted by molar-refractivity contribution is 0.322. The van der Waals surface area contributed by atoms with Crippen LogP contribution in [0.25, 0.3) is 0 Å². The van der Waals surface area contributed by atoms with Crippen molar-refractivity contribution in [1.82, 2.24) is 10.2 Å². The molecule has 0 amide bonds. The molecule has 1 aliphatic heterocycles. The molecule has 0 saturated carbocycles. The Morgan fingerprint density at radius 2 is 2.40 bits per heavy atom. The molecule has 2 heterocycles. The second-order valence-corrected chi connectivity index (χ2v) is 4.62. The van der Waals surface area contributed by atoms with Gasteiger partial charge in [-0.15, -0.1) is 0 Å². The fourth-order valence-electron chi connectivity index (χ4n) is 2.29. The van der Waals surface area contributed by atoms with Crippen molar-refractivity contribution in [1.29, 1.82) is 0 Å². The van der Waals surface area contributed by atoms with Crippen molar-refractivity contribution < 1.29 is 4.42 Å². The predicted octanol–water partition coefficient (Wildman–Crippen LogP) is 2.02. The van der Waals surface area contributed by atoms with Gasteiger partial charge in [0.1, 0.15) is 5.76 Å². The Morgan fingerprint density at radius 1 is 1.60 bits per heavy atom. The van der Waals surface area contributed by atoms with Crippen LogP contribution in [0.2, 0.25) is 0 Å². The third-order valence-electron chi connectivity index (χ3n) is 3.34. The first-order valence-electron chi connectivity index (χ1n) is 5.66. The van der Waals surface area contributed by atoms with E-state index in [9.17, 15) is 0 Å². The van der Waals surface area contributed by atoms with E-state index in [0.29, 0.717) is 18.1 Å². The van der Waals surface area contributed by atoms with Crippen LogP contribution in [-0.2, 0) is 0 Å². The van der Waals surface area contributed by atoms with E-state index >= 15 is 0 Å². The number of hydrogen-bond donors (Lipinski definition) is 1. The highest BCUT2D eigenvalue weighted by molar-refractivity contribution is 5.04. The minimum atomic E-state index is 0.309. The van der Waals surface area contributed by atoms with Gasteiger partial charge in [0.2, 0.25) is 0 Å². The van der Waals surface area contributed by atoms with Crippen molar-refractivity contribution >= 4 is 0 Å². The van der Waals surface area contributed by atoms with Gasteiger partial charge in [-0.05, 0) is 39.4 Å². The molecule has 1 saturated heterocycles. The molecule has 1 fully saturated rings. The summed E-state index contributed by atoms with van der Waals surface area (Å²) in [6.07, 6.45) is 2.96. The van der Waals surface area contributed by atoms with E-state index < -0.39 is 0 Å². The van der Waals surface area contributed by atoms with Gasteiger partial charge in [-0.25, -0.2) is 0 Å². The van der Waals surface area contributed by atoms with Crippen molar-refractivity contribution in [3.05, 3.63) is 24.2 Å². The molecule has 1 aliphatic rings. The lowest BCUT2D eigenvalue weighted by atomic mass is 10.1. The molecule has 1 aromatic rings. The molecular formula is C12H20N2O. The van der Waals surface area contributed by atoms with E-state index in [1.54, 1.807) is 6.26 Å². The van der Waals surface area contributed by atoms with Gasteiger partial charge < -0.3 is 14.6 Å². The lowest BCUT2D eigenvalue weighted by Gasteiger charge is -2.17. The Hall–Kier alpha value is -0.800. The van der Waals surface area contributed by atoms with Crippen LogP contribution in [0.15, 0.2) is 22.8 Å². The van der Waals surface area contributed by atoms with Crippen LogP contribution in [0.4, 0.5) is 0 Å². The highest BCUT2D eigenvalue weighted by Gasteiger charge is 2.27. The van der Waals surface area contributed by atoms with Gasteiger partial charge in [0.05, 0.1) is 12.3 Å². The molecule has 2 rings (SSSR count). The number of nitrogens with one attached hydrogen (secondary N) is 1. The highest BCUT2D eigenvalue weighted by Crippen LogP contribution is 2.19. The molecule has 0 aromatic carbocycles. The standard InChI is InChI=1S/C12H20N2O/c1-9-7-11(8-14(9)3)13-10(2)12-5-4-6-15-12/h4-6,9-11,13H,7-8H2,1-3H3. The van der Waals surface area contributed by atoms with Crippen molar-refractivity contribution in [2.24, 2.45) is 0 Å². The summed E-state index contributed by atoms with van der Waals surface area (Å²) in [6, 6.07) is 5.55. The molecular weight excluding hydrogens is 188 g/mol. The molecule has 0 spiro atoms. The minimum Gasteiger partial charge on any atom is -0.468 e. The second kappa shape index (κ2) is 4.37. The molecule has 84 valence electrons. The average molecular weight is 208 g/mol. The molecule has 0 bridgehead atoms. The maximum atomic E-state index is 5.38. The van der Waals surface area contributed by atoms with Gasteiger partial charge >= 0.3 is 0 Å². The van der Waals surface area contributed by atoms with Crippen molar-refractivity contribution in [3.63, 3.8) is 0 Å². The zero-order valence-electron chi connectivity index (χ0n) is 9.73. The first kappa shape index (κ1) is 10.7. The van der Waals surface area contributed by atoms with E-state index in [2.05, 4.69) is 31.1 Å². The maximum Gasteiger partial charge on any atom is 0.120 e. The lowest BCUT2D eigenvalue weighted by Crippen LogP contribution is -2.33. The molecule has 3 heteroatoms. The van der Waals surface area contributed by atoms with E-state index in [4.69, 9.17) is 4.42 Å². The van der Waals surface area contributed by atoms with Crippen LogP contribution in [0.1, 0.15) is 32.1 Å². The number of likely N-dealkylation sites (tertiary alicyclic amines) is 1. The van der Waals surface area contributed by atoms with Gasteiger partial charge in [-0.3, -0.25) is 0 Å². The zero-order valence-corrected chi connectivity index (χ0v) is 9.73. The third kappa shape index (κ3) is 2.41. The normalized spacial score (nSPS) is 29.5. The van der Waals surface area contributed by atoms with Crippen molar-refractivity contribution in [2.75, 3.05) is 13.6 Å². The fraction of sp³-hybridized carbons (Fsp3) is 0.667. The molecule has 0 aliphatic carbocycles. The molecule has 1 aromatic heterocycles. The highest BCUT2D eigenvalue weighted by atomic mass is 16.3. The summed E-state index contributed by atoms with van der Waals surface area (Å²) in [5.41, 5.74) is 0. The van der Waals surface area contributed by atoms with Crippen LogP contribution in [0, 0.1) is 0 Å². The summed E-state index contributed by atoms with van der Waals surface area (Å²) >= 11 is 0. The number of rotatable bonds is 3. The summed E-state index contributed by atoms with van der Waals surface area (Å²) < 4.78 is 5.38. The van der Waals surface area contributed by atoms with E-state index in [1.807, 2.05) is 12.1 Å². The Morgan fingerprint density at radius 3 is 2.93 bits per heavy atom. The predicted molar refractivity (Wildman–Crippen MR) is 60.8 cm³/mol. The van der Waals surface area contributed by atoms with Crippen LogP contribution < -0.4 is 5.32 Å². The zero-order chi connectivity index (χ0) is 10.8. The summed E-state index contributed by atoms with van der Waals surface area (Å²) in [6.45, 7) is 5.56. The average Bonchev–Trinajstić information content (AvgIpc) is 2.77. The monoisotopic (exact) mass is 208 g/mol. The summed E-state index contributed by atoms with van der Waals surface area (Å²) in [5.74, 6) is 1.03. The summed E-state index contributed by atoms with van der Waals surface area (Å²) in [4.78, 5) is 2.40. The van der Waals surface area contributed by atoms with E-state index in [1.165, 1.54) is 6.42 Å². The quantitative estimate of drug-likeness (QED) is 0.823. The molecule has 0 radical (unpaired) electrons. The first-order valence-corrected chi connectivity index (χ1v) is 5.66. The number of hydrogen-bond acceptors (Lipinski definition) is 3. The van der Waals surface area contributed by atoms with Gasteiger partial charge in [0, 0.05) is 18.6 Å². The Balaban J connectivity index is 1.88. The molecule has 3 nitrogen and oxygen atoms in total. The summed E-state index contributed by atoms with van der Waals surface area (Å²) in [7, 11) is 2.18. The van der Waals surface area contributed by atoms with Crippen molar-refractivity contribution in [2.45, 2.75) is 38.4 Å². The van der Waals surface area contributed by atoms with E-state index in [0.717, 1.165) is 12.3 Å². The largest absolute Gasteiger partial charge is 0.468 e. The molecule has 1 N–H and O–H groups in total. The number of nitrogens with zero attached hydrogens (tertiary/aromatic N) is 1. The SMILES string of the molecule is CC(NC1CC(C)N(C)C1)c1ccco1. The van der Waals surface area contributed by atoms with Crippen LogP contribution >= 0.6 is 0 Å². The maximum absolute atomic E-state index is 5.38. The molecule has 3 unspecified atom stereocenters. The van der Waals surface area contributed by atoms with Gasteiger partial charge in [0.25, 0.3) is 0 Å². The number of likely N-dealkylation sites (N-methyl/N-ethyl adjacent to an activating group) is 1. The van der Waals surface area contributed by atoms with Crippen LogP contribution in [-0.4, -0.2) is 30.6 Å². The Kier molecular flexibility index (Phi) is 3.12. The topological polar surface area (TPSA) is 28.4 Å². The Labute approximate surface area is 91.4 Å². The first-order chi connectivity index (χ1) is 7.16. The second-order valence-electron chi connectivity index (χ2n) is 4.62. The van der Waals surface area contributed by atoms with Gasteiger partial charge in [-0.1, -0.05) is 0 Å². The van der Waals surface area contributed by atoms with Gasteiger partial charge in [0.15, 0.2) is 0 Å².